The number of hydrogen-bond acceptors (Lipinski definition) is 3. The predicted octanol–water partition coefficient (Wildman–Crippen LogP) is 2.83. The molecule has 150 valence electrons. The van der Waals surface area contributed by atoms with Crippen LogP contribution in [0.4, 0.5) is 9.18 Å². The average Bonchev–Trinajstić information content (AvgIpc) is 3.18. The number of fused-ring (bicyclic) bond motifs is 2. The van der Waals surface area contributed by atoms with Gasteiger partial charge < -0.3 is 10.2 Å². The van der Waals surface area contributed by atoms with Crippen molar-refractivity contribution in [3.8, 4) is 0 Å². The number of nitrogens with one attached hydrogen (secondary N) is 1. The van der Waals surface area contributed by atoms with Gasteiger partial charge in [-0.15, -0.1) is 0 Å². The van der Waals surface area contributed by atoms with Crippen molar-refractivity contribution < 1.29 is 18.8 Å². The number of carbonyl (C=O) groups excluding carboxylic acids is 3. The summed E-state index contributed by atoms with van der Waals surface area (Å²) >= 11 is 6.02. The van der Waals surface area contributed by atoms with Crippen molar-refractivity contribution >= 4 is 29.4 Å². The Hall–Kier alpha value is -2.93. The number of hydrogen-bond donors (Lipinski definition) is 1. The summed E-state index contributed by atoms with van der Waals surface area (Å²) in [5.74, 6) is -1.44. The Morgan fingerprint density at radius 1 is 1.24 bits per heavy atom. The molecule has 2 aromatic rings. The first kappa shape index (κ1) is 19.4. The number of nitrogens with zero attached hydrogens (tertiary/aromatic N) is 2. The lowest BCUT2D eigenvalue weighted by Crippen LogP contribution is -2.44. The molecule has 4 rings (SSSR count). The Bertz CT molecular complexity index is 1010. The predicted molar refractivity (Wildman–Crippen MR) is 105 cm³/mol. The van der Waals surface area contributed by atoms with Gasteiger partial charge in [0.1, 0.15) is 17.9 Å². The summed E-state index contributed by atoms with van der Waals surface area (Å²) in [7, 11) is 1.48. The van der Waals surface area contributed by atoms with Crippen LogP contribution in [0.3, 0.4) is 0 Å². The molecule has 0 saturated carbocycles. The van der Waals surface area contributed by atoms with Gasteiger partial charge in [0.15, 0.2) is 0 Å². The Morgan fingerprint density at radius 2 is 2.00 bits per heavy atom. The Morgan fingerprint density at radius 3 is 2.76 bits per heavy atom. The first-order chi connectivity index (χ1) is 13.8. The highest BCUT2D eigenvalue weighted by atomic mass is 35.5. The number of imide groups is 1. The van der Waals surface area contributed by atoms with Crippen LogP contribution >= 0.6 is 11.6 Å². The van der Waals surface area contributed by atoms with Crippen molar-refractivity contribution in [1.29, 1.82) is 0 Å². The maximum absolute atomic E-state index is 14.0. The van der Waals surface area contributed by atoms with Gasteiger partial charge >= 0.3 is 6.03 Å². The molecule has 1 aliphatic carbocycles. The van der Waals surface area contributed by atoms with Crippen molar-refractivity contribution in [3.63, 3.8) is 0 Å². The van der Waals surface area contributed by atoms with Gasteiger partial charge in [0.2, 0.25) is 5.91 Å². The van der Waals surface area contributed by atoms with Gasteiger partial charge in [0.25, 0.3) is 5.91 Å². The van der Waals surface area contributed by atoms with E-state index in [0.29, 0.717) is 12.8 Å². The molecule has 1 N–H and O–H groups in total. The first-order valence-corrected chi connectivity index (χ1v) is 9.60. The van der Waals surface area contributed by atoms with Crippen molar-refractivity contribution in [2.24, 2.45) is 0 Å². The van der Waals surface area contributed by atoms with Crippen LogP contribution in [0, 0.1) is 5.82 Å². The lowest BCUT2D eigenvalue weighted by atomic mass is 9.92. The summed E-state index contributed by atoms with van der Waals surface area (Å²) in [6.07, 6.45) is 1.14. The fourth-order valence-electron chi connectivity index (χ4n) is 4.00. The molecule has 1 fully saturated rings. The molecule has 1 atom stereocenters. The Kier molecular flexibility index (Phi) is 4.78. The van der Waals surface area contributed by atoms with Crippen LogP contribution < -0.4 is 5.32 Å². The molecule has 1 spiro atoms. The highest BCUT2D eigenvalue weighted by Crippen LogP contribution is 2.41. The Labute approximate surface area is 172 Å². The molecule has 2 aliphatic rings. The summed E-state index contributed by atoms with van der Waals surface area (Å²) in [5.41, 5.74) is 0.866. The average molecular weight is 416 g/mol. The molecular formula is C21H19ClFN3O3. The third-order valence-electron chi connectivity index (χ3n) is 5.60. The molecule has 0 aromatic heterocycles. The number of urea groups is 1. The van der Waals surface area contributed by atoms with Crippen molar-refractivity contribution in [2.45, 2.75) is 24.9 Å². The van der Waals surface area contributed by atoms with Crippen LogP contribution in [0.2, 0.25) is 5.02 Å². The summed E-state index contributed by atoms with van der Waals surface area (Å²) in [5, 5.41) is 2.99. The minimum absolute atomic E-state index is 0.0675. The third kappa shape index (κ3) is 3.15. The van der Waals surface area contributed by atoms with Crippen LogP contribution in [0.5, 0.6) is 0 Å². The molecular weight excluding hydrogens is 397 g/mol. The molecule has 1 aliphatic heterocycles. The van der Waals surface area contributed by atoms with Gasteiger partial charge in [-0.05, 0) is 36.1 Å². The van der Waals surface area contributed by atoms with Gasteiger partial charge in [0, 0.05) is 24.2 Å². The van der Waals surface area contributed by atoms with Crippen LogP contribution in [0.1, 0.15) is 23.1 Å². The third-order valence-corrected chi connectivity index (χ3v) is 5.95. The highest BCUT2D eigenvalue weighted by Gasteiger charge is 2.55. The summed E-state index contributed by atoms with van der Waals surface area (Å²) in [4.78, 5) is 40.5. The van der Waals surface area contributed by atoms with E-state index in [1.807, 2.05) is 24.3 Å². The van der Waals surface area contributed by atoms with E-state index < -0.39 is 35.7 Å². The van der Waals surface area contributed by atoms with Crippen LogP contribution in [0.15, 0.2) is 42.5 Å². The minimum atomic E-state index is -1.11. The van der Waals surface area contributed by atoms with E-state index in [9.17, 15) is 18.8 Å². The van der Waals surface area contributed by atoms with E-state index in [2.05, 4.69) is 5.32 Å². The van der Waals surface area contributed by atoms with E-state index in [1.165, 1.54) is 30.1 Å². The smallest absolute Gasteiger partial charge is 0.325 e. The maximum Gasteiger partial charge on any atom is 0.325 e. The monoisotopic (exact) mass is 415 g/mol. The van der Waals surface area contributed by atoms with Gasteiger partial charge in [0.05, 0.1) is 0 Å². The molecule has 0 radical (unpaired) electrons. The SMILES string of the molecule is CN(Cc1c(F)cccc1Cl)C(=O)CN1C(=O)N[C@@]2(CCc3ccccc32)C1=O. The molecule has 6 nitrogen and oxygen atoms in total. The number of halogens is 2. The number of rotatable bonds is 4. The number of likely N-dealkylation sites (N-methyl/N-ethyl adjacent to an activating group) is 1. The van der Waals surface area contributed by atoms with Gasteiger partial charge in [-0.2, -0.15) is 0 Å². The molecule has 29 heavy (non-hydrogen) atoms. The molecule has 8 heteroatoms. The van der Waals surface area contributed by atoms with Gasteiger partial charge in [-0.1, -0.05) is 41.9 Å². The van der Waals surface area contributed by atoms with E-state index in [-0.39, 0.29) is 17.1 Å². The largest absolute Gasteiger partial charge is 0.340 e. The molecule has 1 heterocycles. The zero-order valence-corrected chi connectivity index (χ0v) is 16.5. The lowest BCUT2D eigenvalue weighted by molar-refractivity contribution is -0.138. The first-order valence-electron chi connectivity index (χ1n) is 9.23. The van der Waals surface area contributed by atoms with Gasteiger partial charge in [-0.3, -0.25) is 14.5 Å². The second-order valence-corrected chi connectivity index (χ2v) is 7.74. The summed E-state index contributed by atoms with van der Waals surface area (Å²) in [6, 6.07) is 11.2. The molecule has 4 amide bonds. The fraction of sp³-hybridized carbons (Fsp3) is 0.286. The molecule has 0 bridgehead atoms. The maximum atomic E-state index is 14.0. The molecule has 2 aromatic carbocycles. The molecule has 1 saturated heterocycles. The van der Waals surface area contributed by atoms with E-state index >= 15 is 0 Å². The lowest BCUT2D eigenvalue weighted by Gasteiger charge is -2.23. The second-order valence-electron chi connectivity index (χ2n) is 7.33. The second kappa shape index (κ2) is 7.15. The minimum Gasteiger partial charge on any atom is -0.340 e. The fourth-order valence-corrected chi connectivity index (χ4v) is 4.22. The number of benzene rings is 2. The van der Waals surface area contributed by atoms with Crippen molar-refractivity contribution in [1.82, 2.24) is 15.1 Å². The highest BCUT2D eigenvalue weighted by molar-refractivity contribution is 6.31. The summed E-state index contributed by atoms with van der Waals surface area (Å²) < 4.78 is 14.0. The van der Waals surface area contributed by atoms with E-state index in [0.717, 1.165) is 16.0 Å². The Balaban J connectivity index is 1.51. The topological polar surface area (TPSA) is 69.7 Å². The van der Waals surface area contributed by atoms with E-state index in [4.69, 9.17) is 11.6 Å². The van der Waals surface area contributed by atoms with Crippen molar-refractivity contribution in [2.75, 3.05) is 13.6 Å². The molecule has 0 unspecified atom stereocenters. The van der Waals surface area contributed by atoms with Crippen LogP contribution in [0.25, 0.3) is 0 Å². The quantitative estimate of drug-likeness (QED) is 0.781. The number of carbonyl (C=O) groups is 3. The van der Waals surface area contributed by atoms with Crippen molar-refractivity contribution in [3.05, 3.63) is 70.0 Å². The number of aryl methyl sites for hydroxylation is 1. The normalized spacial score (nSPS) is 20.2. The van der Waals surface area contributed by atoms with Crippen LogP contribution in [-0.2, 0) is 28.1 Å². The zero-order valence-electron chi connectivity index (χ0n) is 15.7. The van der Waals surface area contributed by atoms with Crippen LogP contribution in [-0.4, -0.2) is 41.2 Å². The summed E-state index contributed by atoms with van der Waals surface area (Å²) in [6.45, 7) is -0.487. The zero-order chi connectivity index (χ0) is 20.8. The van der Waals surface area contributed by atoms with Gasteiger partial charge in [-0.25, -0.2) is 9.18 Å². The number of amides is 4. The van der Waals surface area contributed by atoms with E-state index in [1.54, 1.807) is 0 Å². The standard InChI is InChI=1S/C21H19ClFN3O3/c1-25(11-14-16(22)7-4-8-17(14)23)18(27)12-26-19(28)21(24-20(26)29)10-9-13-5-2-3-6-15(13)21/h2-8H,9-12H2,1H3,(H,24,29)/t21-/m1/s1.